The third-order valence-corrected chi connectivity index (χ3v) is 4.13. The molecule has 22 heavy (non-hydrogen) atoms. The van der Waals surface area contributed by atoms with Crippen molar-refractivity contribution in [3.8, 4) is 0 Å². The van der Waals surface area contributed by atoms with E-state index in [1.54, 1.807) is 0 Å². The summed E-state index contributed by atoms with van der Waals surface area (Å²) >= 11 is 1.83. The number of halogens is 1. The Hall–Kier alpha value is -0.890. The number of rotatable bonds is 6. The van der Waals surface area contributed by atoms with Crippen molar-refractivity contribution in [1.29, 1.82) is 0 Å². The molecule has 0 saturated carbocycles. The number of guanidine groups is 1. The van der Waals surface area contributed by atoms with Crippen molar-refractivity contribution < 1.29 is 0 Å². The molecule has 2 rings (SSSR count). The highest BCUT2D eigenvalue weighted by atomic mass is 127. The standard InChI is InChI=1S/C16H24N4S.HI/c1-12-13(14-6-4-5-7-15(14)20-12)8-9-18-16(17-2)19-10-11-21-3;/h4-7,20H,8-11H2,1-3H3,(H2,17,18,19);1H. The van der Waals surface area contributed by atoms with Crippen LogP contribution in [0, 0.1) is 6.92 Å². The van der Waals surface area contributed by atoms with E-state index in [0.29, 0.717) is 0 Å². The van der Waals surface area contributed by atoms with Gasteiger partial charge in [-0.05, 0) is 31.2 Å². The van der Waals surface area contributed by atoms with E-state index in [1.807, 2.05) is 18.8 Å². The van der Waals surface area contributed by atoms with E-state index in [1.165, 1.54) is 22.2 Å². The molecule has 0 saturated heterocycles. The summed E-state index contributed by atoms with van der Waals surface area (Å²) in [6.07, 6.45) is 3.09. The fourth-order valence-corrected chi connectivity index (χ4v) is 2.76. The number of fused-ring (bicyclic) bond motifs is 1. The van der Waals surface area contributed by atoms with Crippen molar-refractivity contribution in [2.45, 2.75) is 13.3 Å². The SMILES string of the molecule is CN=C(NCCSC)NCCc1c(C)[nH]c2ccccc12.I. The van der Waals surface area contributed by atoms with Crippen LogP contribution in [-0.2, 0) is 6.42 Å². The monoisotopic (exact) mass is 432 g/mol. The lowest BCUT2D eigenvalue weighted by molar-refractivity contribution is 0.811. The van der Waals surface area contributed by atoms with Crippen LogP contribution >= 0.6 is 35.7 Å². The minimum Gasteiger partial charge on any atom is -0.358 e. The quantitative estimate of drug-likeness (QED) is 0.285. The number of para-hydroxylation sites is 1. The summed E-state index contributed by atoms with van der Waals surface area (Å²) in [4.78, 5) is 7.69. The van der Waals surface area contributed by atoms with Gasteiger partial charge in [0, 0.05) is 42.5 Å². The van der Waals surface area contributed by atoms with E-state index in [4.69, 9.17) is 0 Å². The maximum Gasteiger partial charge on any atom is 0.191 e. The Morgan fingerprint density at radius 2 is 1.95 bits per heavy atom. The van der Waals surface area contributed by atoms with Crippen molar-refractivity contribution >= 4 is 52.6 Å². The summed E-state index contributed by atoms with van der Waals surface area (Å²) in [5, 5.41) is 8.01. The van der Waals surface area contributed by atoms with E-state index in [0.717, 1.165) is 31.2 Å². The van der Waals surface area contributed by atoms with Crippen LogP contribution < -0.4 is 10.6 Å². The first-order chi connectivity index (χ1) is 10.3. The largest absolute Gasteiger partial charge is 0.358 e. The van der Waals surface area contributed by atoms with Crippen molar-refractivity contribution in [2.24, 2.45) is 4.99 Å². The van der Waals surface area contributed by atoms with E-state index >= 15 is 0 Å². The molecule has 0 spiro atoms. The van der Waals surface area contributed by atoms with Gasteiger partial charge in [0.15, 0.2) is 5.96 Å². The molecule has 0 aliphatic rings. The van der Waals surface area contributed by atoms with Crippen LogP contribution in [0.15, 0.2) is 29.3 Å². The molecule has 2 aromatic rings. The zero-order chi connectivity index (χ0) is 15.1. The maximum absolute atomic E-state index is 4.24. The molecular formula is C16H25IN4S. The van der Waals surface area contributed by atoms with Crippen molar-refractivity contribution in [2.75, 3.05) is 32.1 Å². The Bertz CT molecular complexity index is 609. The number of aliphatic imine (C=N–C) groups is 1. The third kappa shape index (κ3) is 5.08. The summed E-state index contributed by atoms with van der Waals surface area (Å²) in [6, 6.07) is 8.47. The van der Waals surface area contributed by atoms with Gasteiger partial charge in [-0.2, -0.15) is 11.8 Å². The Morgan fingerprint density at radius 1 is 1.23 bits per heavy atom. The van der Waals surface area contributed by atoms with Crippen LogP contribution in [-0.4, -0.2) is 43.1 Å². The fourth-order valence-electron chi connectivity index (χ4n) is 2.45. The Labute approximate surface area is 154 Å². The van der Waals surface area contributed by atoms with Gasteiger partial charge in [0.1, 0.15) is 0 Å². The van der Waals surface area contributed by atoms with Gasteiger partial charge < -0.3 is 15.6 Å². The smallest absolute Gasteiger partial charge is 0.191 e. The maximum atomic E-state index is 4.24. The fraction of sp³-hybridized carbons (Fsp3) is 0.438. The van der Waals surface area contributed by atoms with Gasteiger partial charge in [0.25, 0.3) is 0 Å². The van der Waals surface area contributed by atoms with Gasteiger partial charge in [-0.3, -0.25) is 4.99 Å². The lowest BCUT2D eigenvalue weighted by Crippen LogP contribution is -2.39. The Morgan fingerprint density at radius 3 is 2.68 bits per heavy atom. The number of hydrogen-bond donors (Lipinski definition) is 3. The summed E-state index contributed by atoms with van der Waals surface area (Å²) in [5.74, 6) is 1.96. The molecular weight excluding hydrogens is 407 g/mol. The molecule has 4 nitrogen and oxygen atoms in total. The molecule has 0 fully saturated rings. The summed E-state index contributed by atoms with van der Waals surface area (Å²) in [5.41, 5.74) is 3.86. The van der Waals surface area contributed by atoms with Gasteiger partial charge in [-0.25, -0.2) is 0 Å². The van der Waals surface area contributed by atoms with Crippen LogP contribution in [0.3, 0.4) is 0 Å². The number of aromatic nitrogens is 1. The predicted octanol–water partition coefficient (Wildman–Crippen LogP) is 3.16. The number of nitrogens with one attached hydrogen (secondary N) is 3. The summed E-state index contributed by atoms with van der Waals surface area (Å²) in [7, 11) is 1.81. The number of hydrogen-bond acceptors (Lipinski definition) is 2. The molecule has 122 valence electrons. The van der Waals surface area contributed by atoms with E-state index in [2.05, 4.69) is 58.1 Å². The third-order valence-electron chi connectivity index (χ3n) is 3.52. The Kier molecular flexibility index (Phi) is 8.70. The molecule has 0 aliphatic heterocycles. The van der Waals surface area contributed by atoms with Crippen LogP contribution in [0.2, 0.25) is 0 Å². The molecule has 3 N–H and O–H groups in total. The lowest BCUT2D eigenvalue weighted by Gasteiger charge is -2.11. The van der Waals surface area contributed by atoms with Gasteiger partial charge in [-0.1, -0.05) is 18.2 Å². The molecule has 1 aromatic heterocycles. The number of aromatic amines is 1. The highest BCUT2D eigenvalue weighted by Gasteiger charge is 2.07. The summed E-state index contributed by atoms with van der Waals surface area (Å²) < 4.78 is 0. The van der Waals surface area contributed by atoms with Crippen molar-refractivity contribution in [3.63, 3.8) is 0 Å². The zero-order valence-electron chi connectivity index (χ0n) is 13.4. The second-order valence-electron chi connectivity index (χ2n) is 4.94. The van der Waals surface area contributed by atoms with Gasteiger partial charge in [0.05, 0.1) is 0 Å². The number of thioether (sulfide) groups is 1. The molecule has 0 bridgehead atoms. The molecule has 0 atom stereocenters. The topological polar surface area (TPSA) is 52.2 Å². The second-order valence-corrected chi connectivity index (χ2v) is 5.93. The van der Waals surface area contributed by atoms with Crippen molar-refractivity contribution in [1.82, 2.24) is 15.6 Å². The molecule has 0 amide bonds. The molecule has 1 aromatic carbocycles. The highest BCUT2D eigenvalue weighted by molar-refractivity contribution is 14.0. The van der Waals surface area contributed by atoms with Crippen LogP contribution in [0.25, 0.3) is 10.9 Å². The summed E-state index contributed by atoms with van der Waals surface area (Å²) in [6.45, 7) is 3.95. The molecule has 1 heterocycles. The average molecular weight is 432 g/mol. The van der Waals surface area contributed by atoms with Gasteiger partial charge >= 0.3 is 0 Å². The van der Waals surface area contributed by atoms with Crippen molar-refractivity contribution in [3.05, 3.63) is 35.5 Å². The molecule has 0 aliphatic carbocycles. The zero-order valence-corrected chi connectivity index (χ0v) is 16.5. The average Bonchev–Trinajstić information content (AvgIpc) is 2.82. The van der Waals surface area contributed by atoms with E-state index in [9.17, 15) is 0 Å². The first-order valence-corrected chi connectivity index (χ1v) is 8.65. The van der Waals surface area contributed by atoms with Crippen LogP contribution in [0.1, 0.15) is 11.3 Å². The second kappa shape index (κ2) is 9.99. The molecule has 0 radical (unpaired) electrons. The van der Waals surface area contributed by atoms with Crippen LogP contribution in [0.5, 0.6) is 0 Å². The number of aryl methyl sites for hydroxylation is 1. The van der Waals surface area contributed by atoms with Crippen LogP contribution in [0.4, 0.5) is 0 Å². The van der Waals surface area contributed by atoms with E-state index < -0.39 is 0 Å². The van der Waals surface area contributed by atoms with Gasteiger partial charge in [0.2, 0.25) is 0 Å². The number of H-pyrrole nitrogens is 1. The number of benzene rings is 1. The van der Waals surface area contributed by atoms with Gasteiger partial charge in [-0.15, -0.1) is 24.0 Å². The first-order valence-electron chi connectivity index (χ1n) is 7.26. The molecule has 0 unspecified atom stereocenters. The number of nitrogens with zero attached hydrogens (tertiary/aromatic N) is 1. The molecule has 6 heteroatoms. The normalized spacial score (nSPS) is 11.3. The van der Waals surface area contributed by atoms with E-state index in [-0.39, 0.29) is 24.0 Å². The minimum absolute atomic E-state index is 0. The first kappa shape index (κ1) is 19.2. The predicted molar refractivity (Wildman–Crippen MR) is 110 cm³/mol. The minimum atomic E-state index is 0. The Balaban J connectivity index is 0.00000242. The lowest BCUT2D eigenvalue weighted by atomic mass is 10.1. The highest BCUT2D eigenvalue weighted by Crippen LogP contribution is 2.21.